The number of carbonyl (C=O) groups excluding carboxylic acids is 1. The van der Waals surface area contributed by atoms with Crippen LogP contribution in [0.15, 0.2) is 24.7 Å². The van der Waals surface area contributed by atoms with Gasteiger partial charge in [0.2, 0.25) is 0 Å². The third-order valence-corrected chi connectivity index (χ3v) is 3.58. The van der Waals surface area contributed by atoms with Crippen LogP contribution in [0.4, 0.5) is 0 Å². The van der Waals surface area contributed by atoms with E-state index >= 15 is 0 Å². The summed E-state index contributed by atoms with van der Waals surface area (Å²) < 4.78 is 1.68. The van der Waals surface area contributed by atoms with Gasteiger partial charge in [-0.15, -0.1) is 11.3 Å². The van der Waals surface area contributed by atoms with Crippen LogP contribution in [0.5, 0.6) is 0 Å². The highest BCUT2D eigenvalue weighted by Crippen LogP contribution is 2.15. The van der Waals surface area contributed by atoms with Crippen molar-refractivity contribution in [1.82, 2.24) is 14.9 Å². The van der Waals surface area contributed by atoms with Gasteiger partial charge < -0.3 is 15.0 Å². The van der Waals surface area contributed by atoms with Crippen LogP contribution >= 0.6 is 11.3 Å². The molecule has 0 aliphatic rings. The molecule has 0 atom stereocenters. The highest BCUT2D eigenvalue weighted by atomic mass is 32.1. The Morgan fingerprint density at radius 2 is 2.40 bits per heavy atom. The van der Waals surface area contributed by atoms with E-state index in [1.54, 1.807) is 17.9 Å². The maximum Gasteiger partial charge on any atom is 0.269 e. The lowest BCUT2D eigenvalue weighted by Gasteiger charge is -2.03. The number of nitrogens with zero attached hydrogens (tertiary/aromatic N) is 2. The van der Waals surface area contributed by atoms with E-state index in [2.05, 4.69) is 22.1 Å². The molecule has 20 heavy (non-hydrogen) atoms. The molecule has 0 fully saturated rings. The van der Waals surface area contributed by atoms with Crippen LogP contribution in [0.1, 0.15) is 26.7 Å². The second kappa shape index (κ2) is 6.89. The van der Waals surface area contributed by atoms with Gasteiger partial charge in [-0.25, -0.2) is 4.98 Å². The Balaban J connectivity index is 1.90. The molecule has 1 amide bonds. The van der Waals surface area contributed by atoms with Gasteiger partial charge in [0.1, 0.15) is 5.69 Å². The van der Waals surface area contributed by atoms with E-state index < -0.39 is 0 Å². The number of aliphatic hydroxyl groups excluding tert-OH is 1. The predicted octanol–water partition coefficient (Wildman–Crippen LogP) is 1.15. The molecular formula is C14H15N3O2S. The van der Waals surface area contributed by atoms with E-state index in [4.69, 9.17) is 5.11 Å². The summed E-state index contributed by atoms with van der Waals surface area (Å²) in [7, 11) is 1.78. The molecule has 2 aromatic rings. The number of hydrogen-bond donors (Lipinski definition) is 2. The number of rotatable bonds is 4. The van der Waals surface area contributed by atoms with Crippen LogP contribution in [-0.4, -0.2) is 27.2 Å². The third-order valence-electron chi connectivity index (χ3n) is 2.58. The molecule has 2 N–H and O–H groups in total. The number of aryl methyl sites for hydroxylation is 1. The first-order valence-corrected chi connectivity index (χ1v) is 6.95. The van der Waals surface area contributed by atoms with E-state index in [0.29, 0.717) is 18.7 Å². The fourth-order valence-electron chi connectivity index (χ4n) is 1.58. The number of imidazole rings is 1. The molecule has 0 bridgehead atoms. The monoisotopic (exact) mass is 289 g/mol. The fourth-order valence-corrected chi connectivity index (χ4v) is 2.40. The largest absolute Gasteiger partial charge is 0.395 e. The van der Waals surface area contributed by atoms with Crippen LogP contribution in [0.3, 0.4) is 0 Å². The standard InChI is InChI=1S/C14H15N3O2S/c1-17-10-15-9-13(17)14(19)16-8-12-6-5-11(20-12)4-2-3-7-18/h5-6,9-10,18H,3,7-8H2,1H3,(H,16,19). The van der Waals surface area contributed by atoms with Crippen molar-refractivity contribution >= 4 is 17.2 Å². The average Bonchev–Trinajstić information content (AvgIpc) is 3.05. The minimum absolute atomic E-state index is 0.0754. The summed E-state index contributed by atoms with van der Waals surface area (Å²) in [5.74, 6) is 5.70. The van der Waals surface area contributed by atoms with E-state index in [1.165, 1.54) is 17.5 Å². The normalized spacial score (nSPS) is 9.90. The summed E-state index contributed by atoms with van der Waals surface area (Å²) in [5, 5.41) is 11.5. The zero-order valence-electron chi connectivity index (χ0n) is 11.1. The number of nitrogens with one attached hydrogen (secondary N) is 1. The van der Waals surface area contributed by atoms with E-state index in [-0.39, 0.29) is 12.5 Å². The highest BCUT2D eigenvalue weighted by Gasteiger charge is 2.09. The Bertz CT molecular complexity index is 649. The first-order valence-electron chi connectivity index (χ1n) is 6.13. The second-order valence-electron chi connectivity index (χ2n) is 4.11. The Hall–Kier alpha value is -2.10. The van der Waals surface area contributed by atoms with Gasteiger partial charge in [0.15, 0.2) is 0 Å². The Morgan fingerprint density at radius 3 is 3.10 bits per heavy atom. The molecule has 2 aromatic heterocycles. The summed E-state index contributed by atoms with van der Waals surface area (Å²) in [6.07, 6.45) is 3.61. The Labute approximate surface area is 121 Å². The number of aromatic nitrogens is 2. The molecule has 104 valence electrons. The Kier molecular flexibility index (Phi) is 4.93. The summed E-state index contributed by atoms with van der Waals surface area (Å²) in [4.78, 5) is 17.8. The van der Waals surface area contributed by atoms with Crippen molar-refractivity contribution in [2.75, 3.05) is 6.61 Å². The molecule has 0 saturated heterocycles. The molecule has 5 nitrogen and oxygen atoms in total. The van der Waals surface area contributed by atoms with Crippen LogP contribution < -0.4 is 5.32 Å². The lowest BCUT2D eigenvalue weighted by molar-refractivity contribution is 0.0943. The highest BCUT2D eigenvalue weighted by molar-refractivity contribution is 7.12. The maximum absolute atomic E-state index is 11.9. The van der Waals surface area contributed by atoms with Crippen molar-refractivity contribution in [2.24, 2.45) is 7.05 Å². The first kappa shape index (κ1) is 14.3. The molecule has 2 rings (SSSR count). The molecule has 0 aliphatic carbocycles. The molecule has 0 aliphatic heterocycles. The van der Waals surface area contributed by atoms with Gasteiger partial charge in [0.25, 0.3) is 5.91 Å². The van der Waals surface area contributed by atoms with Gasteiger partial charge in [-0.05, 0) is 12.1 Å². The molecule has 0 radical (unpaired) electrons. The van der Waals surface area contributed by atoms with Crippen LogP contribution in [-0.2, 0) is 13.6 Å². The molecule has 0 unspecified atom stereocenters. The zero-order chi connectivity index (χ0) is 14.4. The van der Waals surface area contributed by atoms with Crippen LogP contribution in [0.2, 0.25) is 0 Å². The quantitative estimate of drug-likeness (QED) is 0.830. The van der Waals surface area contributed by atoms with Gasteiger partial charge in [-0.2, -0.15) is 0 Å². The van der Waals surface area contributed by atoms with Gasteiger partial charge in [-0.3, -0.25) is 4.79 Å². The second-order valence-corrected chi connectivity index (χ2v) is 5.28. The summed E-state index contributed by atoms with van der Waals surface area (Å²) in [6, 6.07) is 3.86. The first-order chi connectivity index (χ1) is 9.70. The SMILES string of the molecule is Cn1cncc1C(=O)NCc1ccc(C#CCCO)s1. The smallest absolute Gasteiger partial charge is 0.269 e. The molecule has 0 saturated carbocycles. The molecular weight excluding hydrogens is 274 g/mol. The number of carbonyl (C=O) groups is 1. The van der Waals surface area contributed by atoms with Crippen molar-refractivity contribution in [2.45, 2.75) is 13.0 Å². The minimum atomic E-state index is -0.147. The van der Waals surface area contributed by atoms with Crippen molar-refractivity contribution < 1.29 is 9.90 Å². The predicted molar refractivity (Wildman–Crippen MR) is 77.3 cm³/mol. The number of amides is 1. The molecule has 2 heterocycles. The van der Waals surface area contributed by atoms with E-state index in [0.717, 1.165) is 9.75 Å². The molecule has 0 spiro atoms. The van der Waals surface area contributed by atoms with Gasteiger partial charge >= 0.3 is 0 Å². The van der Waals surface area contributed by atoms with Crippen LogP contribution in [0, 0.1) is 11.8 Å². The molecule has 0 aromatic carbocycles. The maximum atomic E-state index is 11.9. The summed E-state index contributed by atoms with van der Waals surface area (Å²) >= 11 is 1.53. The van der Waals surface area contributed by atoms with E-state index in [9.17, 15) is 4.79 Å². The van der Waals surface area contributed by atoms with Crippen molar-refractivity contribution in [1.29, 1.82) is 0 Å². The fraction of sp³-hybridized carbons (Fsp3) is 0.286. The van der Waals surface area contributed by atoms with Crippen LogP contribution in [0.25, 0.3) is 0 Å². The number of aliphatic hydroxyl groups is 1. The summed E-state index contributed by atoms with van der Waals surface area (Å²) in [6.45, 7) is 0.544. The topological polar surface area (TPSA) is 67.2 Å². The average molecular weight is 289 g/mol. The zero-order valence-corrected chi connectivity index (χ0v) is 11.9. The van der Waals surface area contributed by atoms with Gasteiger partial charge in [0.05, 0.1) is 30.6 Å². The van der Waals surface area contributed by atoms with E-state index in [1.807, 2.05) is 12.1 Å². The minimum Gasteiger partial charge on any atom is -0.395 e. The van der Waals surface area contributed by atoms with Gasteiger partial charge in [0, 0.05) is 18.3 Å². The van der Waals surface area contributed by atoms with Crippen molar-refractivity contribution in [3.8, 4) is 11.8 Å². The van der Waals surface area contributed by atoms with Crippen molar-refractivity contribution in [3.63, 3.8) is 0 Å². The van der Waals surface area contributed by atoms with Gasteiger partial charge in [-0.1, -0.05) is 11.8 Å². The lowest BCUT2D eigenvalue weighted by atomic mass is 10.3. The third kappa shape index (κ3) is 3.70. The lowest BCUT2D eigenvalue weighted by Crippen LogP contribution is -2.24. The Morgan fingerprint density at radius 1 is 1.55 bits per heavy atom. The number of thiophene rings is 1. The molecule has 6 heteroatoms. The number of hydrogen-bond acceptors (Lipinski definition) is 4. The summed E-state index contributed by atoms with van der Waals surface area (Å²) in [5.41, 5.74) is 0.532. The van der Waals surface area contributed by atoms with Crippen molar-refractivity contribution in [3.05, 3.63) is 40.1 Å².